The number of aromatic amines is 1. The maximum Gasteiger partial charge on any atom is 0.261 e. The lowest BCUT2D eigenvalue weighted by Gasteiger charge is -2.38. The molecule has 0 radical (unpaired) electrons. The molecule has 0 saturated carbocycles. The summed E-state index contributed by atoms with van der Waals surface area (Å²) >= 11 is 0. The second-order valence-corrected chi connectivity index (χ2v) is 7.81. The van der Waals surface area contributed by atoms with E-state index in [4.69, 9.17) is 0 Å². The van der Waals surface area contributed by atoms with Gasteiger partial charge in [0, 0.05) is 38.6 Å². The molecule has 4 heterocycles. The van der Waals surface area contributed by atoms with Gasteiger partial charge in [-0.3, -0.25) is 14.6 Å². The molecule has 1 fully saturated rings. The Kier molecular flexibility index (Phi) is 3.99. The Hall–Kier alpha value is -3.13. The molecule has 0 atom stereocenters. The summed E-state index contributed by atoms with van der Waals surface area (Å²) in [5, 5.41) is 9.76. The van der Waals surface area contributed by atoms with Crippen molar-refractivity contribution >= 4 is 28.6 Å². The van der Waals surface area contributed by atoms with Gasteiger partial charge in [0.1, 0.15) is 5.65 Å². The molecule has 1 amide bonds. The highest BCUT2D eigenvalue weighted by atomic mass is 16.3. The largest absolute Gasteiger partial charge is 0.395 e. The van der Waals surface area contributed by atoms with Gasteiger partial charge in [0.2, 0.25) is 11.9 Å². The standard InChI is InChI=1S/C21H23N5O3/c1-24-16-5-3-2-4-15(16)21(19(24)29)7-10-26(11-8-21)20-22-17-14(18(28)23-20)6-9-25(17)12-13-27/h2-6,9,27H,7-8,10-13H2,1H3,(H,22,23,28). The molecule has 0 aliphatic carbocycles. The summed E-state index contributed by atoms with van der Waals surface area (Å²) in [6.45, 7) is 1.63. The van der Waals surface area contributed by atoms with Crippen LogP contribution in [0.3, 0.4) is 0 Å². The van der Waals surface area contributed by atoms with Crippen molar-refractivity contribution in [2.75, 3.05) is 36.5 Å². The Labute approximate surface area is 167 Å². The van der Waals surface area contributed by atoms with Crippen molar-refractivity contribution < 1.29 is 9.90 Å². The number of carbonyl (C=O) groups is 1. The highest BCUT2D eigenvalue weighted by Crippen LogP contribution is 2.47. The molecule has 8 heteroatoms. The van der Waals surface area contributed by atoms with Gasteiger partial charge in [0.15, 0.2) is 0 Å². The Morgan fingerprint density at radius 1 is 1.17 bits per heavy atom. The molecule has 3 aromatic rings. The second kappa shape index (κ2) is 6.45. The van der Waals surface area contributed by atoms with Crippen molar-refractivity contribution in [3.63, 3.8) is 0 Å². The number of hydrogen-bond acceptors (Lipinski definition) is 5. The van der Waals surface area contributed by atoms with E-state index in [1.807, 2.05) is 30.1 Å². The Balaban J connectivity index is 1.46. The van der Waals surface area contributed by atoms with Gasteiger partial charge in [0.05, 0.1) is 17.4 Å². The number of aromatic nitrogens is 3. The summed E-state index contributed by atoms with van der Waals surface area (Å²) in [4.78, 5) is 37.0. The first-order chi connectivity index (χ1) is 14.0. The number of benzene rings is 1. The number of rotatable bonds is 3. The summed E-state index contributed by atoms with van der Waals surface area (Å²) in [5.74, 6) is 0.661. The topological polar surface area (TPSA) is 94.5 Å². The van der Waals surface area contributed by atoms with Crippen molar-refractivity contribution in [2.45, 2.75) is 24.8 Å². The molecule has 1 saturated heterocycles. The van der Waals surface area contributed by atoms with E-state index in [-0.39, 0.29) is 18.1 Å². The predicted octanol–water partition coefficient (Wildman–Crippen LogP) is 1.23. The van der Waals surface area contributed by atoms with Crippen LogP contribution in [0.2, 0.25) is 0 Å². The molecule has 8 nitrogen and oxygen atoms in total. The lowest BCUT2D eigenvalue weighted by atomic mass is 9.73. The molecule has 1 aromatic carbocycles. The second-order valence-electron chi connectivity index (χ2n) is 7.81. The van der Waals surface area contributed by atoms with Gasteiger partial charge >= 0.3 is 0 Å². The van der Waals surface area contributed by atoms with Crippen LogP contribution in [-0.2, 0) is 16.8 Å². The van der Waals surface area contributed by atoms with E-state index in [9.17, 15) is 14.7 Å². The number of likely N-dealkylation sites (N-methyl/N-ethyl adjacent to an activating group) is 1. The van der Waals surface area contributed by atoms with E-state index in [0.29, 0.717) is 49.5 Å². The van der Waals surface area contributed by atoms with Crippen LogP contribution >= 0.6 is 0 Å². The van der Waals surface area contributed by atoms with E-state index in [2.05, 4.69) is 16.0 Å². The Morgan fingerprint density at radius 2 is 1.93 bits per heavy atom. The zero-order valence-corrected chi connectivity index (χ0v) is 16.3. The van der Waals surface area contributed by atoms with Crippen LogP contribution in [0, 0.1) is 0 Å². The number of nitrogens with one attached hydrogen (secondary N) is 1. The molecular formula is C21H23N5O3. The number of H-pyrrole nitrogens is 1. The molecule has 0 unspecified atom stereocenters. The SMILES string of the molecule is CN1C(=O)C2(CCN(c3nc4c(ccn4CCO)c(=O)[nH]3)CC2)c2ccccc21. The number of aliphatic hydroxyl groups excluding tert-OH is 1. The summed E-state index contributed by atoms with van der Waals surface area (Å²) in [5.41, 5.74) is 1.97. The van der Waals surface area contributed by atoms with Crippen molar-refractivity contribution in [2.24, 2.45) is 0 Å². The Bertz CT molecular complexity index is 1160. The maximum atomic E-state index is 13.1. The van der Waals surface area contributed by atoms with Crippen LogP contribution in [0.15, 0.2) is 41.3 Å². The average Bonchev–Trinajstić information content (AvgIpc) is 3.24. The Morgan fingerprint density at radius 3 is 2.69 bits per heavy atom. The molecule has 29 heavy (non-hydrogen) atoms. The summed E-state index contributed by atoms with van der Waals surface area (Å²) in [6.07, 6.45) is 3.11. The van der Waals surface area contributed by atoms with Gasteiger partial charge in [-0.05, 0) is 30.5 Å². The third-order valence-electron chi connectivity index (χ3n) is 6.37. The first kappa shape index (κ1) is 17.9. The quantitative estimate of drug-likeness (QED) is 0.698. The van der Waals surface area contributed by atoms with Crippen LogP contribution in [0.25, 0.3) is 11.0 Å². The predicted molar refractivity (Wildman–Crippen MR) is 110 cm³/mol. The minimum absolute atomic E-state index is 0.0190. The third kappa shape index (κ3) is 2.52. The first-order valence-electron chi connectivity index (χ1n) is 9.88. The van der Waals surface area contributed by atoms with E-state index < -0.39 is 5.41 Å². The highest BCUT2D eigenvalue weighted by molar-refractivity contribution is 6.07. The van der Waals surface area contributed by atoms with Crippen LogP contribution in [0.4, 0.5) is 11.6 Å². The lowest BCUT2D eigenvalue weighted by Crippen LogP contribution is -2.48. The van der Waals surface area contributed by atoms with Crippen LogP contribution in [0.5, 0.6) is 0 Å². The number of para-hydroxylation sites is 1. The summed E-state index contributed by atoms with van der Waals surface area (Å²) in [7, 11) is 1.84. The van der Waals surface area contributed by atoms with Gasteiger partial charge in [-0.1, -0.05) is 18.2 Å². The van der Waals surface area contributed by atoms with Gasteiger partial charge in [-0.15, -0.1) is 0 Å². The zero-order valence-electron chi connectivity index (χ0n) is 16.3. The first-order valence-corrected chi connectivity index (χ1v) is 9.88. The fraction of sp³-hybridized carbons (Fsp3) is 0.381. The minimum atomic E-state index is -0.497. The van der Waals surface area contributed by atoms with Crippen molar-refractivity contribution in [1.82, 2.24) is 14.5 Å². The van der Waals surface area contributed by atoms with Crippen molar-refractivity contribution in [1.29, 1.82) is 0 Å². The van der Waals surface area contributed by atoms with E-state index in [0.717, 1.165) is 11.3 Å². The third-order valence-corrected chi connectivity index (χ3v) is 6.37. The number of amides is 1. The van der Waals surface area contributed by atoms with Crippen LogP contribution in [0.1, 0.15) is 18.4 Å². The number of anilines is 2. The molecule has 150 valence electrons. The number of carbonyl (C=O) groups excluding carboxylic acids is 1. The number of nitrogens with zero attached hydrogens (tertiary/aromatic N) is 4. The zero-order chi connectivity index (χ0) is 20.2. The fourth-order valence-corrected chi connectivity index (χ4v) is 4.80. The van der Waals surface area contributed by atoms with Crippen LogP contribution < -0.4 is 15.4 Å². The van der Waals surface area contributed by atoms with E-state index in [1.165, 1.54) is 0 Å². The lowest BCUT2D eigenvalue weighted by molar-refractivity contribution is -0.123. The molecule has 2 N–H and O–H groups in total. The summed E-state index contributed by atoms with van der Waals surface area (Å²) < 4.78 is 1.78. The number of piperidine rings is 1. The highest BCUT2D eigenvalue weighted by Gasteiger charge is 2.51. The average molecular weight is 393 g/mol. The van der Waals surface area contributed by atoms with Crippen molar-refractivity contribution in [3.8, 4) is 0 Å². The van der Waals surface area contributed by atoms with Gasteiger partial charge in [0.25, 0.3) is 5.56 Å². The number of fused-ring (bicyclic) bond motifs is 3. The van der Waals surface area contributed by atoms with Crippen LogP contribution in [-0.4, -0.2) is 52.3 Å². The molecular weight excluding hydrogens is 370 g/mol. The number of aliphatic hydroxyl groups is 1. The fourth-order valence-electron chi connectivity index (χ4n) is 4.80. The number of hydrogen-bond donors (Lipinski definition) is 2. The van der Waals surface area contributed by atoms with E-state index in [1.54, 1.807) is 21.7 Å². The minimum Gasteiger partial charge on any atom is -0.395 e. The molecule has 1 spiro atoms. The summed E-state index contributed by atoms with van der Waals surface area (Å²) in [6, 6.07) is 9.72. The van der Waals surface area contributed by atoms with Gasteiger partial charge in [-0.2, -0.15) is 4.98 Å². The smallest absolute Gasteiger partial charge is 0.261 e. The molecule has 2 aromatic heterocycles. The normalized spacial score (nSPS) is 18.1. The molecule has 5 rings (SSSR count). The van der Waals surface area contributed by atoms with E-state index >= 15 is 0 Å². The molecule has 2 aliphatic heterocycles. The monoisotopic (exact) mass is 393 g/mol. The van der Waals surface area contributed by atoms with Crippen molar-refractivity contribution in [3.05, 3.63) is 52.4 Å². The maximum absolute atomic E-state index is 13.1. The van der Waals surface area contributed by atoms with Gasteiger partial charge in [-0.25, -0.2) is 0 Å². The molecule has 0 bridgehead atoms. The molecule has 2 aliphatic rings. The van der Waals surface area contributed by atoms with Gasteiger partial charge < -0.3 is 19.5 Å².